The van der Waals surface area contributed by atoms with Gasteiger partial charge in [-0.25, -0.2) is 4.79 Å². The summed E-state index contributed by atoms with van der Waals surface area (Å²) in [6, 6.07) is 24.3. The molecule has 230 valence electrons. The number of carbonyl (C=O) groups excluding carboxylic acids is 1. The fourth-order valence-corrected chi connectivity index (χ4v) is 5.49. The van der Waals surface area contributed by atoms with Gasteiger partial charge < -0.3 is 28.8 Å². The highest BCUT2D eigenvalue weighted by atomic mass is 16.7. The quantitative estimate of drug-likeness (QED) is 0.159. The highest BCUT2D eigenvalue weighted by molar-refractivity contribution is 5.66. The summed E-state index contributed by atoms with van der Waals surface area (Å²) in [4.78, 5) is 39.0. The molecule has 5 rings (SSSR count). The van der Waals surface area contributed by atoms with E-state index in [0.717, 1.165) is 21.3 Å². The summed E-state index contributed by atoms with van der Waals surface area (Å²) in [6.45, 7) is 2.44. The van der Waals surface area contributed by atoms with Gasteiger partial charge >= 0.3 is 11.7 Å². The van der Waals surface area contributed by atoms with Gasteiger partial charge in [-0.15, -0.1) is 0 Å². The largest absolute Gasteiger partial charge is 0.497 e. The number of hydrogen-bond acceptors (Lipinski definition) is 9. The normalized spacial score (nSPS) is 19.8. The first-order chi connectivity index (χ1) is 21.1. The molecule has 2 heterocycles. The van der Waals surface area contributed by atoms with Crippen LogP contribution in [-0.4, -0.2) is 53.3 Å². The van der Waals surface area contributed by atoms with Gasteiger partial charge in [-0.1, -0.05) is 54.6 Å². The number of H-pyrrole nitrogens is 1. The van der Waals surface area contributed by atoms with E-state index in [-0.39, 0.29) is 18.6 Å². The van der Waals surface area contributed by atoms with E-state index in [0.29, 0.717) is 11.5 Å². The number of hydrogen-bond donors (Lipinski definition) is 2. The standard InChI is InChI=1S/C33H34N2O9/c1-21-19-35(31(38)34-30(21)37)29-18-32(39,44-22(2)36)28(43-29)20-42-33(23-8-6-5-7-9-23,24-10-14-26(40-3)15-11-24)25-12-16-27(41-4)17-13-25/h5-17,19,28-29,39H,18,20H2,1-4H3,(H,34,37,38)/t28-,29-,32-/m1/s1. The van der Waals surface area contributed by atoms with Gasteiger partial charge in [0.2, 0.25) is 5.79 Å². The summed E-state index contributed by atoms with van der Waals surface area (Å²) in [6.07, 6.45) is -1.24. The lowest BCUT2D eigenvalue weighted by molar-refractivity contribution is -0.236. The predicted octanol–water partition coefficient (Wildman–Crippen LogP) is 3.41. The van der Waals surface area contributed by atoms with Crippen molar-refractivity contribution in [2.45, 2.75) is 44.0 Å². The Morgan fingerprint density at radius 2 is 1.50 bits per heavy atom. The summed E-state index contributed by atoms with van der Waals surface area (Å²) in [5.41, 5.74) is 0.0161. The zero-order valence-corrected chi connectivity index (χ0v) is 24.8. The fourth-order valence-electron chi connectivity index (χ4n) is 5.49. The summed E-state index contributed by atoms with van der Waals surface area (Å²) in [5, 5.41) is 11.6. The molecule has 1 fully saturated rings. The molecule has 4 aromatic rings. The van der Waals surface area contributed by atoms with E-state index in [2.05, 4.69) is 4.98 Å². The maximum atomic E-state index is 12.7. The van der Waals surface area contributed by atoms with Crippen molar-refractivity contribution in [3.05, 3.63) is 128 Å². The Bertz CT molecular complexity index is 1670. The number of nitrogens with one attached hydrogen (secondary N) is 1. The molecule has 0 bridgehead atoms. The van der Waals surface area contributed by atoms with Crippen LogP contribution in [0.4, 0.5) is 0 Å². The Morgan fingerprint density at radius 1 is 0.955 bits per heavy atom. The van der Waals surface area contributed by atoms with Crippen molar-refractivity contribution in [2.24, 2.45) is 0 Å². The highest BCUT2D eigenvalue weighted by Crippen LogP contribution is 2.44. The van der Waals surface area contributed by atoms with Crippen LogP contribution < -0.4 is 20.7 Å². The molecule has 0 amide bonds. The Labute approximate surface area is 253 Å². The van der Waals surface area contributed by atoms with Gasteiger partial charge in [-0.05, 0) is 47.9 Å². The van der Waals surface area contributed by atoms with Crippen molar-refractivity contribution in [2.75, 3.05) is 20.8 Å². The first-order valence-corrected chi connectivity index (χ1v) is 14.0. The molecule has 0 radical (unpaired) electrons. The number of ether oxygens (including phenoxy) is 5. The van der Waals surface area contributed by atoms with E-state index in [1.807, 2.05) is 78.9 Å². The minimum atomic E-state index is -2.15. The number of aromatic nitrogens is 2. The Kier molecular flexibility index (Phi) is 8.73. The number of aliphatic hydroxyl groups is 1. The van der Waals surface area contributed by atoms with Gasteiger partial charge in [0.25, 0.3) is 5.56 Å². The zero-order valence-electron chi connectivity index (χ0n) is 24.8. The molecule has 11 heteroatoms. The van der Waals surface area contributed by atoms with E-state index in [9.17, 15) is 19.5 Å². The van der Waals surface area contributed by atoms with Crippen molar-refractivity contribution in [3.63, 3.8) is 0 Å². The van der Waals surface area contributed by atoms with E-state index in [1.54, 1.807) is 21.1 Å². The molecular weight excluding hydrogens is 568 g/mol. The number of aromatic amines is 1. The molecule has 11 nitrogen and oxygen atoms in total. The lowest BCUT2D eigenvalue weighted by Crippen LogP contribution is -2.47. The molecule has 1 aliphatic heterocycles. The predicted molar refractivity (Wildman–Crippen MR) is 160 cm³/mol. The summed E-state index contributed by atoms with van der Waals surface area (Å²) in [5.74, 6) is -1.59. The number of aryl methyl sites for hydroxylation is 1. The van der Waals surface area contributed by atoms with Crippen LogP contribution in [0.5, 0.6) is 11.5 Å². The molecule has 0 aliphatic carbocycles. The smallest absolute Gasteiger partial charge is 0.330 e. The Balaban J connectivity index is 1.61. The maximum Gasteiger partial charge on any atom is 0.330 e. The Morgan fingerprint density at radius 3 is 2.02 bits per heavy atom. The number of esters is 1. The average molecular weight is 603 g/mol. The third kappa shape index (κ3) is 5.89. The van der Waals surface area contributed by atoms with Crippen LogP contribution in [0, 0.1) is 6.92 Å². The molecule has 1 aliphatic rings. The summed E-state index contributed by atoms with van der Waals surface area (Å²) >= 11 is 0. The van der Waals surface area contributed by atoms with Gasteiger partial charge in [0.1, 0.15) is 29.4 Å². The van der Waals surface area contributed by atoms with Crippen LogP contribution in [0.2, 0.25) is 0 Å². The summed E-state index contributed by atoms with van der Waals surface area (Å²) in [7, 11) is 3.16. The van der Waals surface area contributed by atoms with Crippen LogP contribution in [0.15, 0.2) is 94.6 Å². The lowest BCUT2D eigenvalue weighted by atomic mass is 9.80. The lowest BCUT2D eigenvalue weighted by Gasteiger charge is -2.38. The molecule has 0 unspecified atom stereocenters. The molecule has 0 spiro atoms. The molecule has 0 saturated carbocycles. The number of carbonyl (C=O) groups is 1. The second-order valence-electron chi connectivity index (χ2n) is 10.5. The second kappa shape index (κ2) is 12.5. The number of methoxy groups -OCH3 is 2. The SMILES string of the molecule is COc1ccc(C(OC[C@H]2O[C@@H](n3cc(C)c(=O)[nH]c3=O)C[C@@]2(O)OC(C)=O)(c2ccccc2)c2ccc(OC)cc2)cc1. The molecular formula is C33H34N2O9. The van der Waals surface area contributed by atoms with Gasteiger partial charge in [0, 0.05) is 18.7 Å². The van der Waals surface area contributed by atoms with Crippen molar-refractivity contribution >= 4 is 5.97 Å². The van der Waals surface area contributed by atoms with E-state index in [4.69, 9.17) is 23.7 Å². The first kappa shape index (κ1) is 30.7. The zero-order chi connectivity index (χ0) is 31.5. The van der Waals surface area contributed by atoms with Crippen molar-refractivity contribution < 1.29 is 33.6 Å². The highest BCUT2D eigenvalue weighted by Gasteiger charge is 2.53. The van der Waals surface area contributed by atoms with Gasteiger partial charge in [-0.3, -0.25) is 19.1 Å². The minimum absolute atomic E-state index is 0.269. The van der Waals surface area contributed by atoms with Crippen LogP contribution >= 0.6 is 0 Å². The molecule has 3 atom stereocenters. The third-order valence-electron chi connectivity index (χ3n) is 7.69. The molecule has 1 saturated heterocycles. The number of nitrogens with zero attached hydrogens (tertiary/aromatic N) is 1. The topological polar surface area (TPSA) is 138 Å². The Hall–Kier alpha value is -4.71. The summed E-state index contributed by atoms with van der Waals surface area (Å²) < 4.78 is 30.4. The molecule has 44 heavy (non-hydrogen) atoms. The average Bonchev–Trinajstić information content (AvgIpc) is 3.34. The number of benzene rings is 3. The first-order valence-electron chi connectivity index (χ1n) is 14.0. The van der Waals surface area contributed by atoms with Gasteiger partial charge in [0.05, 0.1) is 27.2 Å². The molecule has 1 aromatic heterocycles. The second-order valence-corrected chi connectivity index (χ2v) is 10.5. The third-order valence-corrected chi connectivity index (χ3v) is 7.69. The van der Waals surface area contributed by atoms with Crippen LogP contribution in [0.1, 0.15) is 41.8 Å². The van der Waals surface area contributed by atoms with Crippen molar-refractivity contribution in [3.8, 4) is 11.5 Å². The van der Waals surface area contributed by atoms with E-state index in [1.165, 1.54) is 13.1 Å². The van der Waals surface area contributed by atoms with Gasteiger partial charge in [-0.2, -0.15) is 0 Å². The van der Waals surface area contributed by atoms with E-state index >= 15 is 0 Å². The number of rotatable bonds is 10. The van der Waals surface area contributed by atoms with E-state index < -0.39 is 40.9 Å². The maximum absolute atomic E-state index is 12.7. The van der Waals surface area contributed by atoms with Gasteiger partial charge in [0.15, 0.2) is 0 Å². The van der Waals surface area contributed by atoms with Crippen LogP contribution in [-0.2, 0) is 24.6 Å². The fraction of sp³-hybridized carbons (Fsp3) is 0.303. The van der Waals surface area contributed by atoms with Crippen LogP contribution in [0.3, 0.4) is 0 Å². The molecule has 2 N–H and O–H groups in total. The monoisotopic (exact) mass is 602 g/mol. The van der Waals surface area contributed by atoms with Crippen molar-refractivity contribution in [1.29, 1.82) is 0 Å². The molecule has 3 aromatic carbocycles. The minimum Gasteiger partial charge on any atom is -0.497 e. The van der Waals surface area contributed by atoms with Crippen LogP contribution in [0.25, 0.3) is 0 Å². The van der Waals surface area contributed by atoms with Crippen molar-refractivity contribution in [1.82, 2.24) is 9.55 Å².